The summed E-state index contributed by atoms with van der Waals surface area (Å²) in [6.45, 7) is 5.28. The molecule has 0 aromatic heterocycles. The molecule has 2 N–H and O–H groups in total. The van der Waals surface area contributed by atoms with Crippen molar-refractivity contribution in [3.8, 4) is 11.5 Å². The number of ether oxygens (including phenoxy) is 2. The largest absolute Gasteiger partial charge is 0.497 e. The lowest BCUT2D eigenvalue weighted by Crippen LogP contribution is -2.52. The molecule has 0 radical (unpaired) electrons. The van der Waals surface area contributed by atoms with Gasteiger partial charge in [0.15, 0.2) is 6.61 Å². The first-order valence-electron chi connectivity index (χ1n) is 7.06. The third-order valence-corrected chi connectivity index (χ3v) is 3.65. The summed E-state index contributed by atoms with van der Waals surface area (Å²) in [7, 11) is 1.57. The van der Waals surface area contributed by atoms with Crippen LogP contribution in [0.15, 0.2) is 24.3 Å². The minimum absolute atomic E-state index is 0.0199. The van der Waals surface area contributed by atoms with E-state index in [1.54, 1.807) is 38.3 Å². The van der Waals surface area contributed by atoms with Gasteiger partial charge in [-0.2, -0.15) is 0 Å². The van der Waals surface area contributed by atoms with Crippen molar-refractivity contribution in [1.82, 2.24) is 5.32 Å². The van der Waals surface area contributed by atoms with Gasteiger partial charge in [0.05, 0.1) is 19.1 Å². The number of carbonyl (C=O) groups excluding carboxylic acids is 1. The summed E-state index contributed by atoms with van der Waals surface area (Å²) >= 11 is 0. The highest BCUT2D eigenvalue weighted by atomic mass is 16.5. The third-order valence-electron chi connectivity index (χ3n) is 3.65. The zero-order valence-electron chi connectivity index (χ0n) is 13.4. The van der Waals surface area contributed by atoms with Gasteiger partial charge in [-0.1, -0.05) is 13.8 Å². The van der Waals surface area contributed by atoms with E-state index in [1.807, 2.05) is 13.8 Å². The molecule has 0 aliphatic carbocycles. The average molecular weight is 309 g/mol. The standard InChI is InChI=1S/C16H23NO5/c1-11(2)16(3,9-15(19)20)17-14(18)10-22-13-7-5-12(21-4)6-8-13/h5-8,11H,9-10H2,1-4H3,(H,17,18)(H,19,20). The molecule has 0 bridgehead atoms. The summed E-state index contributed by atoms with van der Waals surface area (Å²) in [5.41, 5.74) is -0.813. The molecule has 0 aliphatic rings. The second kappa shape index (κ2) is 7.68. The highest BCUT2D eigenvalue weighted by molar-refractivity contribution is 5.79. The number of hydrogen-bond donors (Lipinski definition) is 2. The molecule has 0 saturated carbocycles. The number of aliphatic carboxylic acids is 1. The van der Waals surface area contributed by atoms with E-state index in [2.05, 4.69) is 5.32 Å². The van der Waals surface area contributed by atoms with Gasteiger partial charge in [0.1, 0.15) is 11.5 Å². The van der Waals surface area contributed by atoms with E-state index in [0.29, 0.717) is 11.5 Å². The van der Waals surface area contributed by atoms with Crippen molar-refractivity contribution in [1.29, 1.82) is 0 Å². The number of carboxylic acid groups (broad SMARTS) is 1. The van der Waals surface area contributed by atoms with Gasteiger partial charge in [0, 0.05) is 0 Å². The van der Waals surface area contributed by atoms with Crippen molar-refractivity contribution in [2.75, 3.05) is 13.7 Å². The van der Waals surface area contributed by atoms with Crippen LogP contribution in [0.4, 0.5) is 0 Å². The maximum absolute atomic E-state index is 12.0. The van der Waals surface area contributed by atoms with Crippen molar-refractivity contribution in [3.05, 3.63) is 24.3 Å². The summed E-state index contributed by atoms with van der Waals surface area (Å²) in [6.07, 6.45) is -0.140. The molecule has 1 unspecified atom stereocenters. The Kier molecular flexibility index (Phi) is 6.22. The summed E-state index contributed by atoms with van der Waals surface area (Å²) in [5.74, 6) is -0.0829. The molecule has 6 nitrogen and oxygen atoms in total. The van der Waals surface area contributed by atoms with Crippen LogP contribution in [0, 0.1) is 5.92 Å². The van der Waals surface area contributed by atoms with Gasteiger partial charge >= 0.3 is 5.97 Å². The molecule has 1 aromatic rings. The lowest BCUT2D eigenvalue weighted by molar-refractivity contribution is -0.139. The van der Waals surface area contributed by atoms with Gasteiger partial charge in [-0.3, -0.25) is 9.59 Å². The van der Waals surface area contributed by atoms with Crippen molar-refractivity contribution in [2.45, 2.75) is 32.7 Å². The third kappa shape index (κ3) is 5.27. The van der Waals surface area contributed by atoms with Crippen molar-refractivity contribution < 1.29 is 24.2 Å². The van der Waals surface area contributed by atoms with Crippen LogP contribution in [0.1, 0.15) is 27.2 Å². The van der Waals surface area contributed by atoms with Crippen LogP contribution in [0.5, 0.6) is 11.5 Å². The van der Waals surface area contributed by atoms with Crippen LogP contribution in [0.25, 0.3) is 0 Å². The molecule has 0 fully saturated rings. The van der Waals surface area contributed by atoms with Crippen molar-refractivity contribution in [3.63, 3.8) is 0 Å². The zero-order chi connectivity index (χ0) is 16.8. The maximum Gasteiger partial charge on any atom is 0.305 e. The minimum Gasteiger partial charge on any atom is -0.497 e. The Morgan fingerprint density at radius 3 is 2.23 bits per heavy atom. The van der Waals surface area contributed by atoms with Gasteiger partial charge in [0.25, 0.3) is 5.91 Å². The molecule has 1 amide bonds. The van der Waals surface area contributed by atoms with E-state index < -0.39 is 11.5 Å². The Bertz CT molecular complexity index is 512. The maximum atomic E-state index is 12.0. The van der Waals surface area contributed by atoms with Crippen molar-refractivity contribution >= 4 is 11.9 Å². The van der Waals surface area contributed by atoms with Crippen LogP contribution < -0.4 is 14.8 Å². The summed E-state index contributed by atoms with van der Waals surface area (Å²) in [6, 6.07) is 6.86. The molecule has 122 valence electrons. The van der Waals surface area contributed by atoms with E-state index in [9.17, 15) is 9.59 Å². The number of methoxy groups -OCH3 is 1. The molecule has 1 aromatic carbocycles. The predicted octanol–water partition coefficient (Wildman–Crippen LogP) is 2.08. The average Bonchev–Trinajstić information content (AvgIpc) is 2.44. The topological polar surface area (TPSA) is 84.9 Å². The number of amides is 1. The fourth-order valence-corrected chi connectivity index (χ4v) is 1.88. The van der Waals surface area contributed by atoms with Crippen LogP contribution in [0.3, 0.4) is 0 Å². The Labute approximate surface area is 130 Å². The molecule has 1 atom stereocenters. The van der Waals surface area contributed by atoms with E-state index in [1.165, 1.54) is 0 Å². The number of hydrogen-bond acceptors (Lipinski definition) is 4. The lowest BCUT2D eigenvalue weighted by Gasteiger charge is -2.33. The van der Waals surface area contributed by atoms with E-state index in [4.69, 9.17) is 14.6 Å². The Balaban J connectivity index is 2.58. The van der Waals surface area contributed by atoms with Gasteiger partial charge < -0.3 is 19.9 Å². The fourth-order valence-electron chi connectivity index (χ4n) is 1.88. The monoisotopic (exact) mass is 309 g/mol. The molecular formula is C16H23NO5. The molecule has 0 saturated heterocycles. The number of carbonyl (C=O) groups is 2. The predicted molar refractivity (Wildman–Crippen MR) is 82.1 cm³/mol. The number of rotatable bonds is 8. The smallest absolute Gasteiger partial charge is 0.305 e. The quantitative estimate of drug-likeness (QED) is 0.768. The molecule has 6 heteroatoms. The number of carboxylic acids is 1. The second-order valence-electron chi connectivity index (χ2n) is 5.66. The van der Waals surface area contributed by atoms with Gasteiger partial charge in [-0.25, -0.2) is 0 Å². The van der Waals surface area contributed by atoms with Crippen LogP contribution >= 0.6 is 0 Å². The normalized spacial score (nSPS) is 13.3. The fraction of sp³-hybridized carbons (Fsp3) is 0.500. The minimum atomic E-state index is -0.951. The van der Waals surface area contributed by atoms with E-state index in [0.717, 1.165) is 0 Å². The van der Waals surface area contributed by atoms with Gasteiger partial charge in [-0.05, 0) is 37.1 Å². The van der Waals surface area contributed by atoms with E-state index in [-0.39, 0.29) is 24.9 Å². The first kappa shape index (κ1) is 17.8. The summed E-state index contributed by atoms with van der Waals surface area (Å²) in [4.78, 5) is 22.9. The molecule has 0 spiro atoms. The number of nitrogens with one attached hydrogen (secondary N) is 1. The molecule has 1 rings (SSSR count). The van der Waals surface area contributed by atoms with E-state index >= 15 is 0 Å². The Morgan fingerprint density at radius 2 is 1.77 bits per heavy atom. The zero-order valence-corrected chi connectivity index (χ0v) is 13.4. The molecule has 22 heavy (non-hydrogen) atoms. The SMILES string of the molecule is COc1ccc(OCC(=O)NC(C)(CC(=O)O)C(C)C)cc1. The first-order chi connectivity index (χ1) is 10.3. The lowest BCUT2D eigenvalue weighted by atomic mass is 9.85. The summed E-state index contributed by atoms with van der Waals surface area (Å²) < 4.78 is 10.4. The van der Waals surface area contributed by atoms with Crippen molar-refractivity contribution in [2.24, 2.45) is 5.92 Å². The first-order valence-corrected chi connectivity index (χ1v) is 7.06. The highest BCUT2D eigenvalue weighted by Crippen LogP contribution is 2.21. The van der Waals surface area contributed by atoms with Gasteiger partial charge in [0.2, 0.25) is 0 Å². The van der Waals surface area contributed by atoms with Crippen LogP contribution in [0.2, 0.25) is 0 Å². The molecular weight excluding hydrogens is 286 g/mol. The van der Waals surface area contributed by atoms with Gasteiger partial charge in [-0.15, -0.1) is 0 Å². The second-order valence-corrected chi connectivity index (χ2v) is 5.66. The molecule has 0 heterocycles. The molecule has 0 aliphatic heterocycles. The van der Waals surface area contributed by atoms with Crippen LogP contribution in [-0.4, -0.2) is 36.2 Å². The Morgan fingerprint density at radius 1 is 1.23 bits per heavy atom. The highest BCUT2D eigenvalue weighted by Gasteiger charge is 2.32. The van der Waals surface area contributed by atoms with Crippen LogP contribution in [-0.2, 0) is 9.59 Å². The number of benzene rings is 1. The summed E-state index contributed by atoms with van der Waals surface area (Å²) in [5, 5.41) is 11.7. The Hall–Kier alpha value is -2.24.